The Morgan fingerprint density at radius 3 is 1.94 bits per heavy atom. The minimum atomic E-state index is -1.38. The lowest BCUT2D eigenvalue weighted by molar-refractivity contribution is -0.143. The molecule has 206 valence electrons. The Morgan fingerprint density at radius 2 is 1.44 bits per heavy atom. The minimum Gasteiger partial charge on any atom is -0.480 e. The summed E-state index contributed by atoms with van der Waals surface area (Å²) in [5.74, 6) is -3.89. The number of aliphatic imine (C=N–C) groups is 1. The first-order chi connectivity index (χ1) is 16.8. The average molecular weight is 533 g/mol. The van der Waals surface area contributed by atoms with E-state index in [2.05, 4.69) is 20.9 Å². The Labute approximate surface area is 215 Å². The number of aliphatic carboxylic acids is 1. The highest BCUT2D eigenvalue weighted by molar-refractivity contribution is 7.98. The maximum atomic E-state index is 13.0. The van der Waals surface area contributed by atoms with E-state index in [1.54, 1.807) is 13.8 Å². The van der Waals surface area contributed by atoms with Gasteiger partial charge in [0.25, 0.3) is 0 Å². The number of carbonyl (C=O) groups is 5. The molecule has 0 aliphatic carbocycles. The standard InChI is InChI=1S/C21H40N8O6S/c1-11(2)9-15(20(34)35)29-18(32)13(5-4-7-26-21(24)25)27-19(33)14(10-16(23)30)28-17(31)12(22)6-8-36-3/h11-15H,4-10,22H2,1-3H3,(H2,23,30)(H,27,33)(H,28,31)(H,29,32)(H,34,35)(H4,24,25,26). The Kier molecular flexibility index (Phi) is 15.9. The number of primary amides is 1. The van der Waals surface area contributed by atoms with Gasteiger partial charge >= 0.3 is 5.97 Å². The molecule has 0 saturated heterocycles. The van der Waals surface area contributed by atoms with Crippen LogP contribution in [0.2, 0.25) is 0 Å². The zero-order valence-electron chi connectivity index (χ0n) is 21.0. The molecule has 4 amide bonds. The maximum absolute atomic E-state index is 13.0. The highest BCUT2D eigenvalue weighted by atomic mass is 32.2. The van der Waals surface area contributed by atoms with E-state index in [9.17, 15) is 29.1 Å². The van der Waals surface area contributed by atoms with Crippen LogP contribution in [0.25, 0.3) is 0 Å². The Morgan fingerprint density at radius 1 is 0.889 bits per heavy atom. The predicted molar refractivity (Wildman–Crippen MR) is 138 cm³/mol. The number of amides is 4. The molecule has 15 heteroatoms. The first-order valence-electron chi connectivity index (χ1n) is 11.5. The van der Waals surface area contributed by atoms with Crippen molar-refractivity contribution < 1.29 is 29.1 Å². The lowest BCUT2D eigenvalue weighted by Crippen LogP contribution is -2.57. The fourth-order valence-electron chi connectivity index (χ4n) is 3.08. The minimum absolute atomic E-state index is 0.0215. The quantitative estimate of drug-likeness (QED) is 0.0526. The third-order valence-corrected chi connectivity index (χ3v) is 5.55. The zero-order valence-corrected chi connectivity index (χ0v) is 21.8. The van der Waals surface area contributed by atoms with Crippen LogP contribution in [0.4, 0.5) is 0 Å². The van der Waals surface area contributed by atoms with E-state index in [-0.39, 0.29) is 37.7 Å². The van der Waals surface area contributed by atoms with Crippen molar-refractivity contribution in [3.05, 3.63) is 0 Å². The molecule has 0 aliphatic heterocycles. The summed E-state index contributed by atoms with van der Waals surface area (Å²) in [7, 11) is 0. The van der Waals surface area contributed by atoms with Gasteiger partial charge in [0, 0.05) is 6.54 Å². The van der Waals surface area contributed by atoms with E-state index in [0.717, 1.165) is 0 Å². The van der Waals surface area contributed by atoms with Crippen LogP contribution in [-0.2, 0) is 24.0 Å². The van der Waals surface area contributed by atoms with Crippen molar-refractivity contribution in [2.45, 2.75) is 70.1 Å². The van der Waals surface area contributed by atoms with Gasteiger partial charge in [-0.2, -0.15) is 11.8 Å². The zero-order chi connectivity index (χ0) is 27.8. The molecule has 0 radical (unpaired) electrons. The van der Waals surface area contributed by atoms with Gasteiger partial charge in [-0.25, -0.2) is 4.79 Å². The first-order valence-corrected chi connectivity index (χ1v) is 12.9. The van der Waals surface area contributed by atoms with Crippen LogP contribution in [0, 0.1) is 5.92 Å². The number of carboxylic acid groups (broad SMARTS) is 1. The fraction of sp³-hybridized carbons (Fsp3) is 0.714. The maximum Gasteiger partial charge on any atom is 0.326 e. The van der Waals surface area contributed by atoms with Crippen LogP contribution in [0.15, 0.2) is 4.99 Å². The molecule has 14 nitrogen and oxygen atoms in total. The van der Waals surface area contributed by atoms with E-state index in [1.807, 2.05) is 6.26 Å². The van der Waals surface area contributed by atoms with Crippen molar-refractivity contribution in [2.24, 2.45) is 33.8 Å². The molecular formula is C21H40N8O6S. The summed E-state index contributed by atoms with van der Waals surface area (Å²) in [4.78, 5) is 65.2. The number of carbonyl (C=O) groups excluding carboxylic acids is 4. The second-order valence-electron chi connectivity index (χ2n) is 8.66. The van der Waals surface area contributed by atoms with Crippen molar-refractivity contribution >= 4 is 47.3 Å². The molecule has 0 saturated carbocycles. The second kappa shape index (κ2) is 17.4. The smallest absolute Gasteiger partial charge is 0.326 e. The average Bonchev–Trinajstić information content (AvgIpc) is 2.77. The van der Waals surface area contributed by atoms with Gasteiger partial charge in [0.15, 0.2) is 5.96 Å². The van der Waals surface area contributed by atoms with Crippen molar-refractivity contribution in [1.82, 2.24) is 16.0 Å². The summed E-state index contributed by atoms with van der Waals surface area (Å²) in [6.45, 7) is 3.76. The summed E-state index contributed by atoms with van der Waals surface area (Å²) in [6, 6.07) is -4.66. The van der Waals surface area contributed by atoms with Gasteiger partial charge in [0.05, 0.1) is 12.5 Å². The van der Waals surface area contributed by atoms with Crippen LogP contribution in [0.5, 0.6) is 0 Å². The number of guanidine groups is 1. The Balaban J connectivity index is 5.62. The van der Waals surface area contributed by atoms with Gasteiger partial charge in [0.2, 0.25) is 23.6 Å². The van der Waals surface area contributed by atoms with Crippen LogP contribution in [0.1, 0.15) is 46.0 Å². The van der Waals surface area contributed by atoms with Crippen LogP contribution in [-0.4, -0.2) is 83.4 Å². The SMILES string of the molecule is CSCCC(N)C(=O)NC(CC(N)=O)C(=O)NC(CCCN=C(N)N)C(=O)NC(CC(C)C)C(=O)O. The summed E-state index contributed by atoms with van der Waals surface area (Å²) >= 11 is 1.49. The lowest BCUT2D eigenvalue weighted by atomic mass is 10.0. The molecular weight excluding hydrogens is 492 g/mol. The summed E-state index contributed by atoms with van der Waals surface area (Å²) in [5, 5.41) is 16.7. The third-order valence-electron chi connectivity index (χ3n) is 4.91. The van der Waals surface area contributed by atoms with E-state index >= 15 is 0 Å². The molecule has 4 atom stereocenters. The molecule has 0 aromatic rings. The number of rotatable bonds is 18. The van der Waals surface area contributed by atoms with Gasteiger partial charge in [-0.1, -0.05) is 13.8 Å². The van der Waals surface area contributed by atoms with Gasteiger partial charge in [-0.3, -0.25) is 24.2 Å². The van der Waals surface area contributed by atoms with Gasteiger partial charge < -0.3 is 44.0 Å². The van der Waals surface area contributed by atoms with Crippen LogP contribution < -0.4 is 38.9 Å². The van der Waals surface area contributed by atoms with Gasteiger partial charge in [-0.15, -0.1) is 0 Å². The molecule has 0 spiro atoms. The molecule has 0 aromatic carbocycles. The van der Waals surface area contributed by atoms with Crippen molar-refractivity contribution in [2.75, 3.05) is 18.6 Å². The van der Waals surface area contributed by atoms with E-state index in [4.69, 9.17) is 22.9 Å². The van der Waals surface area contributed by atoms with Gasteiger partial charge in [-0.05, 0) is 43.6 Å². The number of carboxylic acids is 1. The Bertz CT molecular complexity index is 790. The highest BCUT2D eigenvalue weighted by Crippen LogP contribution is 2.08. The number of thioether (sulfide) groups is 1. The molecule has 0 aliphatic rings. The van der Waals surface area contributed by atoms with Crippen LogP contribution in [0.3, 0.4) is 0 Å². The summed E-state index contributed by atoms with van der Waals surface area (Å²) < 4.78 is 0. The number of nitrogens with zero attached hydrogens (tertiary/aromatic N) is 1. The first kappa shape index (κ1) is 32.9. The topological polar surface area (TPSA) is 258 Å². The van der Waals surface area contributed by atoms with E-state index in [0.29, 0.717) is 12.2 Å². The predicted octanol–water partition coefficient (Wildman–Crippen LogP) is -2.42. The largest absolute Gasteiger partial charge is 0.480 e. The molecule has 0 heterocycles. The highest BCUT2D eigenvalue weighted by Gasteiger charge is 2.31. The van der Waals surface area contributed by atoms with Crippen molar-refractivity contribution in [3.8, 4) is 0 Å². The number of nitrogens with two attached hydrogens (primary N) is 4. The number of nitrogens with one attached hydrogen (secondary N) is 3. The molecule has 0 bridgehead atoms. The van der Waals surface area contributed by atoms with Crippen molar-refractivity contribution in [1.29, 1.82) is 0 Å². The van der Waals surface area contributed by atoms with E-state index < -0.39 is 60.2 Å². The molecule has 4 unspecified atom stereocenters. The number of hydrogen-bond acceptors (Lipinski definition) is 8. The Hall–Kier alpha value is -3.07. The molecule has 0 aromatic heterocycles. The van der Waals surface area contributed by atoms with Crippen LogP contribution >= 0.6 is 11.8 Å². The van der Waals surface area contributed by atoms with E-state index in [1.165, 1.54) is 11.8 Å². The number of hydrogen-bond donors (Lipinski definition) is 8. The van der Waals surface area contributed by atoms with Gasteiger partial charge in [0.1, 0.15) is 18.1 Å². The normalized spacial score (nSPS) is 14.1. The monoisotopic (exact) mass is 532 g/mol. The molecule has 12 N–H and O–H groups in total. The van der Waals surface area contributed by atoms with Crippen molar-refractivity contribution in [3.63, 3.8) is 0 Å². The second-order valence-corrected chi connectivity index (χ2v) is 9.64. The summed E-state index contributed by atoms with van der Waals surface area (Å²) in [5.41, 5.74) is 21.7. The third kappa shape index (κ3) is 14.4. The molecule has 36 heavy (non-hydrogen) atoms. The molecule has 0 rings (SSSR count). The molecule has 0 fully saturated rings. The lowest BCUT2D eigenvalue weighted by Gasteiger charge is -2.25. The summed E-state index contributed by atoms with van der Waals surface area (Å²) in [6.07, 6.45) is 2.16. The fourth-order valence-corrected chi connectivity index (χ4v) is 3.56.